The van der Waals surface area contributed by atoms with Crippen molar-refractivity contribution in [2.24, 2.45) is 7.05 Å². The second kappa shape index (κ2) is 3.35. The summed E-state index contributed by atoms with van der Waals surface area (Å²) in [6.07, 6.45) is 1.66. The molecule has 4 nitrogen and oxygen atoms in total. The molecule has 0 radical (unpaired) electrons. The number of hydrogen-bond acceptors (Lipinski definition) is 3. The van der Waals surface area contributed by atoms with Crippen molar-refractivity contribution in [3.8, 4) is 0 Å². The van der Waals surface area contributed by atoms with Gasteiger partial charge in [-0.15, -0.1) is 0 Å². The van der Waals surface area contributed by atoms with E-state index < -0.39 is 9.05 Å². The summed E-state index contributed by atoms with van der Waals surface area (Å²) in [5, 5.41) is 3.90. The molecule has 7 heteroatoms. The van der Waals surface area contributed by atoms with Crippen LogP contribution in [0.25, 0.3) is 0 Å². The third kappa shape index (κ3) is 2.76. The Morgan fingerprint density at radius 1 is 1.75 bits per heavy atom. The SMILES string of the molecule is Cn1cc(Br)c(CS(=O)(=O)Cl)n1. The zero-order valence-electron chi connectivity index (χ0n) is 6.16. The Morgan fingerprint density at radius 2 is 2.33 bits per heavy atom. The number of halogens is 2. The Morgan fingerprint density at radius 3 is 2.67 bits per heavy atom. The Hall–Kier alpha value is -0.0700. The second-order valence-electron chi connectivity index (χ2n) is 2.28. The molecule has 0 aliphatic rings. The summed E-state index contributed by atoms with van der Waals surface area (Å²) < 4.78 is 23.5. The van der Waals surface area contributed by atoms with Gasteiger partial charge in [0.1, 0.15) is 5.75 Å². The van der Waals surface area contributed by atoms with Crippen LogP contribution in [0.4, 0.5) is 0 Å². The summed E-state index contributed by atoms with van der Waals surface area (Å²) in [5.41, 5.74) is 0.424. The van der Waals surface area contributed by atoms with Crippen LogP contribution >= 0.6 is 26.6 Å². The van der Waals surface area contributed by atoms with Crippen LogP contribution in [0.1, 0.15) is 5.69 Å². The highest BCUT2D eigenvalue weighted by Gasteiger charge is 2.13. The third-order valence-corrected chi connectivity index (χ3v) is 2.77. The molecule has 0 fully saturated rings. The van der Waals surface area contributed by atoms with Gasteiger partial charge in [-0.3, -0.25) is 4.68 Å². The molecule has 0 aliphatic heterocycles. The van der Waals surface area contributed by atoms with Gasteiger partial charge in [0, 0.05) is 23.9 Å². The van der Waals surface area contributed by atoms with E-state index in [1.54, 1.807) is 13.2 Å². The molecular weight excluding hydrogens is 267 g/mol. The lowest BCUT2D eigenvalue weighted by molar-refractivity contribution is 0.607. The highest BCUT2D eigenvalue weighted by atomic mass is 79.9. The normalized spacial score (nSPS) is 11.9. The van der Waals surface area contributed by atoms with E-state index in [0.29, 0.717) is 10.2 Å². The second-order valence-corrected chi connectivity index (χ2v) is 5.91. The molecule has 0 saturated heterocycles. The van der Waals surface area contributed by atoms with E-state index in [4.69, 9.17) is 10.7 Å². The van der Waals surface area contributed by atoms with Crippen molar-refractivity contribution in [3.63, 3.8) is 0 Å². The molecule has 0 aromatic carbocycles. The molecule has 1 aromatic heterocycles. The van der Waals surface area contributed by atoms with Crippen molar-refractivity contribution in [1.29, 1.82) is 0 Å². The van der Waals surface area contributed by atoms with Crippen LogP contribution in [-0.4, -0.2) is 18.2 Å². The first-order chi connectivity index (χ1) is 5.38. The molecule has 1 rings (SSSR count). The fraction of sp³-hybridized carbons (Fsp3) is 0.400. The molecule has 0 unspecified atom stereocenters. The zero-order valence-corrected chi connectivity index (χ0v) is 9.32. The van der Waals surface area contributed by atoms with Crippen molar-refractivity contribution in [1.82, 2.24) is 9.78 Å². The summed E-state index contributed by atoms with van der Waals surface area (Å²) in [7, 11) is 3.23. The highest BCUT2D eigenvalue weighted by Crippen LogP contribution is 2.18. The summed E-state index contributed by atoms with van der Waals surface area (Å²) in [6.45, 7) is 0. The topological polar surface area (TPSA) is 52.0 Å². The Balaban J connectivity index is 2.97. The van der Waals surface area contributed by atoms with Gasteiger partial charge in [-0.25, -0.2) is 8.42 Å². The van der Waals surface area contributed by atoms with E-state index in [1.165, 1.54) is 4.68 Å². The highest BCUT2D eigenvalue weighted by molar-refractivity contribution is 9.10. The van der Waals surface area contributed by atoms with E-state index in [2.05, 4.69) is 21.0 Å². The Labute approximate surface area is 83.1 Å². The van der Waals surface area contributed by atoms with Crippen molar-refractivity contribution in [2.75, 3.05) is 0 Å². The first-order valence-electron chi connectivity index (χ1n) is 2.99. The van der Waals surface area contributed by atoms with Gasteiger partial charge in [0.25, 0.3) is 0 Å². The molecule has 1 heterocycles. The van der Waals surface area contributed by atoms with Crippen LogP contribution in [0.5, 0.6) is 0 Å². The van der Waals surface area contributed by atoms with Gasteiger partial charge in [-0.05, 0) is 15.9 Å². The summed E-state index contributed by atoms with van der Waals surface area (Å²) in [5.74, 6) is -0.254. The summed E-state index contributed by atoms with van der Waals surface area (Å²) in [4.78, 5) is 0. The lowest BCUT2D eigenvalue weighted by Gasteiger charge is -1.91. The lowest BCUT2D eigenvalue weighted by Crippen LogP contribution is -1.97. The maximum Gasteiger partial charge on any atom is 0.238 e. The molecule has 0 atom stereocenters. The third-order valence-electron chi connectivity index (χ3n) is 1.16. The first kappa shape index (κ1) is 10.0. The minimum Gasteiger partial charge on any atom is -0.274 e. The van der Waals surface area contributed by atoms with Crippen LogP contribution in [0.2, 0.25) is 0 Å². The first-order valence-corrected chi connectivity index (χ1v) is 6.26. The molecule has 0 spiro atoms. The molecule has 0 aliphatic carbocycles. The predicted octanol–water partition coefficient (Wildman–Crippen LogP) is 1.25. The quantitative estimate of drug-likeness (QED) is 0.762. The van der Waals surface area contributed by atoms with Crippen molar-refractivity contribution in [2.45, 2.75) is 5.75 Å². The van der Waals surface area contributed by atoms with Crippen molar-refractivity contribution >= 4 is 35.7 Å². The van der Waals surface area contributed by atoms with E-state index in [0.717, 1.165) is 0 Å². The largest absolute Gasteiger partial charge is 0.274 e. The van der Waals surface area contributed by atoms with Crippen molar-refractivity contribution < 1.29 is 8.42 Å². The number of hydrogen-bond donors (Lipinski definition) is 0. The molecule has 68 valence electrons. The average molecular weight is 274 g/mol. The van der Waals surface area contributed by atoms with Crippen LogP contribution in [0, 0.1) is 0 Å². The average Bonchev–Trinajstić information content (AvgIpc) is 2.06. The number of aromatic nitrogens is 2. The van der Waals surface area contributed by atoms with E-state index in [9.17, 15) is 8.42 Å². The van der Waals surface area contributed by atoms with Crippen LogP contribution in [0.3, 0.4) is 0 Å². The maximum atomic E-state index is 10.7. The maximum absolute atomic E-state index is 10.7. The lowest BCUT2D eigenvalue weighted by atomic mass is 10.5. The van der Waals surface area contributed by atoms with E-state index >= 15 is 0 Å². The molecular formula is C5H6BrClN2O2S. The van der Waals surface area contributed by atoms with Gasteiger partial charge in [0.05, 0.1) is 10.2 Å². The van der Waals surface area contributed by atoms with Gasteiger partial charge in [-0.2, -0.15) is 5.10 Å². The van der Waals surface area contributed by atoms with Crippen molar-refractivity contribution in [3.05, 3.63) is 16.4 Å². The predicted molar refractivity (Wildman–Crippen MR) is 49.4 cm³/mol. The van der Waals surface area contributed by atoms with Gasteiger partial charge in [0.15, 0.2) is 0 Å². The molecule has 0 saturated carbocycles. The minimum absolute atomic E-state index is 0.254. The van der Waals surface area contributed by atoms with Crippen LogP contribution in [-0.2, 0) is 21.9 Å². The zero-order chi connectivity index (χ0) is 9.35. The molecule has 0 N–H and O–H groups in total. The summed E-state index contributed by atoms with van der Waals surface area (Å²) in [6, 6.07) is 0. The van der Waals surface area contributed by atoms with Crippen LogP contribution < -0.4 is 0 Å². The van der Waals surface area contributed by atoms with Gasteiger partial charge in [0.2, 0.25) is 9.05 Å². The van der Waals surface area contributed by atoms with Gasteiger partial charge in [-0.1, -0.05) is 0 Å². The summed E-state index contributed by atoms with van der Waals surface area (Å²) >= 11 is 3.16. The Bertz CT molecular complexity index is 386. The smallest absolute Gasteiger partial charge is 0.238 e. The van der Waals surface area contributed by atoms with Crippen LogP contribution in [0.15, 0.2) is 10.7 Å². The Kier molecular flexibility index (Phi) is 2.80. The number of aryl methyl sites for hydroxylation is 1. The van der Waals surface area contributed by atoms with Gasteiger partial charge >= 0.3 is 0 Å². The standard InChI is InChI=1S/C5H6BrClN2O2S/c1-9-2-4(6)5(8-9)3-12(7,10)11/h2H,3H2,1H3. The molecule has 0 amide bonds. The minimum atomic E-state index is -3.52. The molecule has 1 aromatic rings. The van der Waals surface area contributed by atoms with E-state index in [-0.39, 0.29) is 5.75 Å². The van der Waals surface area contributed by atoms with Gasteiger partial charge < -0.3 is 0 Å². The fourth-order valence-corrected chi connectivity index (χ4v) is 2.32. The number of rotatable bonds is 2. The fourth-order valence-electron chi connectivity index (χ4n) is 0.767. The number of nitrogens with zero attached hydrogens (tertiary/aromatic N) is 2. The van der Waals surface area contributed by atoms with E-state index in [1.807, 2.05) is 0 Å². The monoisotopic (exact) mass is 272 g/mol. The molecule has 0 bridgehead atoms. The molecule has 12 heavy (non-hydrogen) atoms.